The van der Waals surface area contributed by atoms with Crippen molar-refractivity contribution < 1.29 is 0 Å². The Morgan fingerprint density at radius 1 is 0.382 bits per heavy atom. The van der Waals surface area contributed by atoms with Gasteiger partial charge in [0.1, 0.15) is 0 Å². The molecule has 0 amide bonds. The summed E-state index contributed by atoms with van der Waals surface area (Å²) >= 11 is 8.27. The molecule has 4 rings (SSSR count). The van der Waals surface area contributed by atoms with Gasteiger partial charge in [0.15, 0.2) is 0 Å². The van der Waals surface area contributed by atoms with E-state index >= 15 is 0 Å². The maximum atomic E-state index is 2.60. The number of hydrogen-bond acceptors (Lipinski definition) is 4. The van der Waals surface area contributed by atoms with Gasteiger partial charge < -0.3 is 0 Å². The first-order valence-corrected chi connectivity index (χ1v) is 26.6. The van der Waals surface area contributed by atoms with Crippen molar-refractivity contribution in [2.45, 2.75) is 240 Å². The van der Waals surface area contributed by atoms with Crippen molar-refractivity contribution in [1.29, 1.82) is 0 Å². The van der Waals surface area contributed by atoms with E-state index in [-0.39, 0.29) is 10.8 Å². The van der Waals surface area contributed by atoms with Gasteiger partial charge in [-0.3, -0.25) is 0 Å². The van der Waals surface area contributed by atoms with Gasteiger partial charge in [-0.25, -0.2) is 0 Å². The van der Waals surface area contributed by atoms with Gasteiger partial charge in [-0.2, -0.15) is 0 Å². The molecule has 4 aromatic heterocycles. The van der Waals surface area contributed by atoms with Crippen molar-refractivity contribution in [3.05, 3.63) is 45.1 Å². The normalized spacial score (nSPS) is 12.5. The molecule has 0 radical (unpaired) electrons. The van der Waals surface area contributed by atoms with Crippen molar-refractivity contribution in [2.75, 3.05) is 0 Å². The van der Waals surface area contributed by atoms with Crippen LogP contribution in [0.1, 0.15) is 237 Å². The van der Waals surface area contributed by atoms with Crippen molar-refractivity contribution in [1.82, 2.24) is 0 Å². The van der Waals surface area contributed by atoms with Crippen LogP contribution in [-0.4, -0.2) is 0 Å². The van der Waals surface area contributed by atoms with E-state index in [0.717, 1.165) is 0 Å². The zero-order valence-corrected chi connectivity index (χ0v) is 40.3. The molecule has 4 aromatic rings. The third-order valence-corrected chi connectivity index (χ3v) is 18.0. The van der Waals surface area contributed by atoms with E-state index in [1.165, 1.54) is 193 Å². The molecule has 0 saturated carbocycles. The van der Waals surface area contributed by atoms with E-state index < -0.39 is 0 Å². The van der Waals surface area contributed by atoms with Gasteiger partial charge in [0, 0.05) is 38.7 Å². The van der Waals surface area contributed by atoms with Crippen LogP contribution in [-0.2, 0) is 23.7 Å². The monoisotopic (exact) mass is 823 g/mol. The van der Waals surface area contributed by atoms with Gasteiger partial charge >= 0.3 is 0 Å². The second-order valence-electron chi connectivity index (χ2n) is 18.6. The fourth-order valence-electron chi connectivity index (χ4n) is 7.90. The van der Waals surface area contributed by atoms with Crippen LogP contribution >= 0.6 is 45.3 Å². The molecule has 4 heteroatoms. The smallest absolute Gasteiger partial charge is 0.0478 e. The Balaban J connectivity index is 1.35. The molecule has 0 aromatic carbocycles. The van der Waals surface area contributed by atoms with Crippen molar-refractivity contribution in [2.24, 2.45) is 0 Å². The van der Waals surface area contributed by atoms with Crippen molar-refractivity contribution in [3.8, 4) is 19.5 Å². The second kappa shape index (κ2) is 24.9. The van der Waals surface area contributed by atoms with Gasteiger partial charge in [-0.15, -0.1) is 45.3 Å². The summed E-state index contributed by atoms with van der Waals surface area (Å²) in [6, 6.07) is 10.3. The number of thiophene rings is 4. The minimum absolute atomic E-state index is 0.198. The summed E-state index contributed by atoms with van der Waals surface area (Å²) in [5.74, 6) is 0. The predicted octanol–water partition coefficient (Wildman–Crippen LogP) is 19.9. The predicted molar refractivity (Wildman–Crippen MR) is 258 cm³/mol. The lowest BCUT2D eigenvalue weighted by atomic mass is 9.88. The molecule has 0 unspecified atom stereocenters. The van der Waals surface area contributed by atoms with Crippen LogP contribution in [0.5, 0.6) is 0 Å². The molecular formula is C51H82S4. The lowest BCUT2D eigenvalue weighted by Gasteiger charge is -2.20. The molecule has 0 N–H and O–H groups in total. The van der Waals surface area contributed by atoms with Crippen LogP contribution in [0.25, 0.3) is 28.9 Å². The highest BCUT2D eigenvalue weighted by Crippen LogP contribution is 2.49. The minimum atomic E-state index is 0.198. The van der Waals surface area contributed by atoms with Gasteiger partial charge in [0.2, 0.25) is 0 Å². The molecule has 4 heterocycles. The quantitative estimate of drug-likeness (QED) is 0.0460. The Morgan fingerprint density at radius 3 is 1.05 bits per heavy atom. The van der Waals surface area contributed by atoms with Crippen LogP contribution in [0, 0.1) is 0 Å². The Kier molecular flexibility index (Phi) is 21.1. The molecule has 0 atom stereocenters. The Hall–Kier alpha value is -0.940. The highest BCUT2D eigenvalue weighted by atomic mass is 32.1. The molecule has 0 aliphatic heterocycles. The first-order chi connectivity index (χ1) is 26.6. The minimum Gasteiger partial charge on any atom is -0.139 e. The molecule has 0 saturated heterocycles. The Morgan fingerprint density at radius 2 is 0.709 bits per heavy atom. The van der Waals surface area contributed by atoms with E-state index in [2.05, 4.69) is 125 Å². The Labute approximate surface area is 356 Å². The lowest BCUT2D eigenvalue weighted by Crippen LogP contribution is -2.13. The summed E-state index contributed by atoms with van der Waals surface area (Å²) in [7, 11) is 0. The summed E-state index contributed by atoms with van der Waals surface area (Å²) in [4.78, 5) is 9.24. The average molecular weight is 823 g/mol. The lowest BCUT2D eigenvalue weighted by molar-refractivity contribution is 0.516. The molecule has 0 fully saturated rings. The van der Waals surface area contributed by atoms with E-state index in [9.17, 15) is 0 Å². The number of aryl methyl sites for hydroxylation is 2. The average Bonchev–Trinajstić information content (AvgIpc) is 3.95. The van der Waals surface area contributed by atoms with E-state index in [1.54, 1.807) is 30.6 Å². The molecule has 0 nitrogen and oxygen atoms in total. The number of fused-ring (bicyclic) bond motifs is 1. The van der Waals surface area contributed by atoms with Gasteiger partial charge in [0.25, 0.3) is 0 Å². The first-order valence-electron chi connectivity index (χ1n) is 23.4. The van der Waals surface area contributed by atoms with Crippen LogP contribution in [0.3, 0.4) is 0 Å². The molecular weight excluding hydrogens is 741 g/mol. The third-order valence-electron chi connectivity index (χ3n) is 12.2. The number of rotatable bonds is 30. The molecule has 0 aliphatic rings. The third kappa shape index (κ3) is 15.6. The molecule has 55 heavy (non-hydrogen) atoms. The molecule has 310 valence electrons. The first kappa shape index (κ1) is 46.7. The maximum Gasteiger partial charge on any atom is 0.0478 e. The van der Waals surface area contributed by atoms with Crippen LogP contribution in [0.2, 0.25) is 0 Å². The van der Waals surface area contributed by atoms with E-state index in [0.29, 0.717) is 0 Å². The van der Waals surface area contributed by atoms with Crippen LogP contribution in [0.15, 0.2) is 24.3 Å². The van der Waals surface area contributed by atoms with Gasteiger partial charge in [-0.1, -0.05) is 197 Å². The Bertz CT molecular complexity index is 1570. The van der Waals surface area contributed by atoms with E-state index in [1.807, 2.05) is 0 Å². The maximum absolute atomic E-state index is 2.60. The SMILES string of the molecule is CCCCCCCCCCCCCCc1cc(C(C)(C)C)sc1-c1cc2sc(-c3sc(C(C)(C)CC)cc3CCCCCCCCCCCCCC)cc2s1. The largest absolute Gasteiger partial charge is 0.139 e. The molecule has 0 aliphatic carbocycles. The van der Waals surface area contributed by atoms with Crippen molar-refractivity contribution in [3.63, 3.8) is 0 Å². The number of hydrogen-bond donors (Lipinski definition) is 0. The second-order valence-corrected chi connectivity index (χ2v) is 22.9. The summed E-state index contributed by atoms with van der Waals surface area (Å²) in [6.07, 6.45) is 37.6. The number of unbranched alkanes of at least 4 members (excludes halogenated alkanes) is 22. The molecule has 0 spiro atoms. The highest BCUT2D eigenvalue weighted by molar-refractivity contribution is 7.33. The topological polar surface area (TPSA) is 0 Å². The van der Waals surface area contributed by atoms with Gasteiger partial charge in [0.05, 0.1) is 0 Å². The van der Waals surface area contributed by atoms with Crippen molar-refractivity contribution >= 4 is 54.7 Å². The fourth-order valence-corrected chi connectivity index (χ4v) is 13.2. The summed E-state index contributed by atoms with van der Waals surface area (Å²) in [5.41, 5.74) is 3.65. The van der Waals surface area contributed by atoms with Gasteiger partial charge in [-0.05, 0) is 78.3 Å². The fraction of sp³-hybridized carbons (Fsp3) is 0.725. The zero-order chi connectivity index (χ0) is 39.5. The van der Waals surface area contributed by atoms with Crippen LogP contribution < -0.4 is 0 Å². The van der Waals surface area contributed by atoms with E-state index in [4.69, 9.17) is 0 Å². The summed E-state index contributed by atoms with van der Waals surface area (Å²) in [6.45, 7) is 19.0. The zero-order valence-electron chi connectivity index (χ0n) is 37.0. The summed E-state index contributed by atoms with van der Waals surface area (Å²) < 4.78 is 2.97. The standard InChI is InChI=1S/C51H82S4/c1-9-12-14-16-18-20-22-24-26-28-30-32-34-40-36-46(50(4,5)6)54-48(40)44-38-42-43(52-44)39-45(53-42)49-41(37-47(55-49)51(7,8)11-3)35-33-31-29-27-25-23-21-19-17-15-13-10-2/h36-39H,9-35H2,1-8H3. The summed E-state index contributed by atoms with van der Waals surface area (Å²) in [5, 5.41) is 0. The van der Waals surface area contributed by atoms with Crippen LogP contribution in [0.4, 0.5) is 0 Å². The highest BCUT2D eigenvalue weighted by Gasteiger charge is 2.25. The molecule has 0 bridgehead atoms.